The second kappa shape index (κ2) is 35.5. The molecule has 0 spiro atoms. The lowest BCUT2D eigenvalue weighted by Crippen LogP contribution is -2.50. The summed E-state index contributed by atoms with van der Waals surface area (Å²) in [5.41, 5.74) is 17.0. The minimum Gasteiger partial charge on any atom is -0.408 e. The molecule has 8 aromatic heterocycles. The number of aromatic nitrogens is 16. The van der Waals surface area contributed by atoms with Crippen molar-refractivity contribution in [3.63, 3.8) is 0 Å². The lowest BCUT2D eigenvalue weighted by molar-refractivity contribution is -0.119. The van der Waals surface area contributed by atoms with Gasteiger partial charge in [-0.1, -0.05) is 67.6 Å². The molecule has 4 bridgehead atoms. The SMILES string of the molecule is CC(C)(C)[Si](C)(C)O[C@@H]1C2OP(O)(=S)OC[C@H]3O[C@@H](n4cnc5c(N)ncnc54)C(F)[C@H]3OP(=O)(S)OC[C@H]1O[C@H]2n1cnc2c(=O)[nH]c(N)nc21.CC(C)C(=O)Nc1nc2c(ncn2[C@@H]2O[C@@H]3COP(O)(=S)O[C@@H]4C(F)[C@H](n5cnc6c(N)ncnc65)O[C@@H]4COP(O)(=S)OC2[C@H]3O[Si](C)(C)C(C)(C)C)c(=O)[nH]1.CCO.[B]B([B])[B]. The maximum atomic E-state index is 16.4. The molecule has 6 aliphatic rings. The summed E-state index contributed by atoms with van der Waals surface area (Å²) in [5.74, 6) is -1.05. The zero-order chi connectivity index (χ0) is 85.2. The average Bonchev–Trinajstić information content (AvgIpc) is 1.60. The zero-order valence-corrected chi connectivity index (χ0v) is 73.4. The van der Waals surface area contributed by atoms with Crippen molar-refractivity contribution in [1.29, 1.82) is 0 Å². The molecule has 20 atom stereocenters. The summed E-state index contributed by atoms with van der Waals surface area (Å²) >= 11 is 20.6. The predicted octanol–water partition coefficient (Wildman–Crippen LogP) is 4.10. The van der Waals surface area contributed by atoms with E-state index < -0.39 is 198 Å². The Balaban J connectivity index is 0.000000212. The van der Waals surface area contributed by atoms with Crippen LogP contribution in [0.3, 0.4) is 0 Å². The van der Waals surface area contributed by atoms with Gasteiger partial charge in [-0.15, -0.1) is 0 Å². The molecule has 14 rings (SSSR count). The number of thiol groups is 1. The topological polar surface area (TPSA) is 549 Å². The van der Waals surface area contributed by atoms with Crippen LogP contribution in [0.5, 0.6) is 0 Å². The number of hydrogen-bond acceptors (Lipinski definition) is 35. The molecule has 6 aliphatic heterocycles. The molecule has 0 aromatic carbocycles. The maximum absolute atomic E-state index is 16.4. The molecule has 8 unspecified atom stereocenters. The Morgan fingerprint density at radius 1 is 0.603 bits per heavy atom. The molecule has 628 valence electrons. The first-order valence-corrected chi connectivity index (χ1v) is 51.9. The Morgan fingerprint density at radius 3 is 1.35 bits per heavy atom. The lowest BCUT2D eigenvalue weighted by Gasteiger charge is -2.40. The van der Waals surface area contributed by atoms with E-state index in [-0.39, 0.29) is 84.9 Å². The number of nitrogens with one attached hydrogen (secondary N) is 3. The fourth-order valence-corrected chi connectivity index (χ4v) is 20.5. The number of halogens is 2. The number of carbonyl (C=O) groups is 1. The van der Waals surface area contributed by atoms with Gasteiger partial charge >= 0.3 is 27.0 Å². The number of aromatic amines is 2. The molecule has 0 saturated carbocycles. The summed E-state index contributed by atoms with van der Waals surface area (Å²) < 4.78 is 138. The van der Waals surface area contributed by atoms with Crippen LogP contribution in [0.25, 0.3) is 44.7 Å². The van der Waals surface area contributed by atoms with E-state index in [2.05, 4.69) is 101 Å². The number of ether oxygens (including phenoxy) is 4. The molecule has 13 N–H and O–H groups in total. The van der Waals surface area contributed by atoms with E-state index in [1.165, 1.54) is 56.2 Å². The van der Waals surface area contributed by atoms with Crippen LogP contribution in [-0.2, 0) is 109 Å². The number of nitrogen functional groups attached to an aromatic ring is 3. The fourth-order valence-electron chi connectivity index (χ4n) is 12.1. The minimum absolute atomic E-state index is 0.0192. The summed E-state index contributed by atoms with van der Waals surface area (Å²) in [4.78, 5) is 120. The lowest BCUT2D eigenvalue weighted by atomic mass is 9.08. The van der Waals surface area contributed by atoms with E-state index in [0.717, 1.165) is 0 Å². The van der Waals surface area contributed by atoms with Crippen LogP contribution in [0.4, 0.5) is 32.3 Å². The van der Waals surface area contributed by atoms with Gasteiger partial charge in [-0.25, -0.2) is 53.2 Å². The van der Waals surface area contributed by atoms with Crippen LogP contribution >= 0.6 is 39.2 Å². The van der Waals surface area contributed by atoms with Crippen molar-refractivity contribution in [2.45, 2.75) is 197 Å². The second-order valence-electron chi connectivity index (χ2n) is 30.4. The predicted molar refractivity (Wildman–Crippen MR) is 438 cm³/mol. The van der Waals surface area contributed by atoms with Crippen molar-refractivity contribution in [3.05, 3.63) is 58.7 Å². The number of rotatable bonds is 10. The minimum atomic E-state index is -4.42. The van der Waals surface area contributed by atoms with Crippen molar-refractivity contribution in [3.8, 4) is 0 Å². The average molecular weight is 1810 g/mol. The molecule has 8 aromatic rings. The van der Waals surface area contributed by atoms with Gasteiger partial charge < -0.3 is 78.4 Å². The van der Waals surface area contributed by atoms with E-state index in [9.17, 15) is 33.6 Å². The third-order valence-electron chi connectivity index (χ3n) is 19.7. The number of aliphatic hydroxyl groups is 1. The Labute approximate surface area is 687 Å². The normalized spacial score (nSPS) is 32.2. The third-order valence-corrected chi connectivity index (χ3v) is 35.0. The van der Waals surface area contributed by atoms with E-state index in [1.807, 2.05) is 67.7 Å². The summed E-state index contributed by atoms with van der Waals surface area (Å²) in [5, 5.41) is 9.46. The smallest absolute Gasteiger partial charge is 0.386 e. The Kier molecular flexibility index (Phi) is 28.1. The number of fused-ring (bicyclic) bond motifs is 10. The number of nitrogens with zero attached hydrogens (tertiary/aromatic N) is 14. The van der Waals surface area contributed by atoms with Crippen molar-refractivity contribution in [1.82, 2.24) is 78.1 Å². The molecule has 14 heterocycles. The highest BCUT2D eigenvalue weighted by molar-refractivity contribution is 8.44. The standard InChI is InChI=1S/C30H43FN10O11P2S2Si.C26H37FN10O10P2S2Si.C2H6O.B4/c1-13(2)25(42)38-29-37-24-18(26(43)39-29)36-12-41(24)28-21-20(52-57(6,7)30(3,4)5)15(49-28)9-47-53(44,55)50-19-14(8-46-54(45,56)51-21)48-27(16(19)31)40-11-35-17-22(32)33-10-34-23(17)40;1-26(2,3)52(4,5)47-17-12-7-42-48(39,50)45-16-11(43-23(13(16)27)36-9-32-14-19(28)30-8-31-20(14)36)6-41-49(40,51)46-18(17)24(44-12)37-10-33-15-21(37)34-25(29)35-22(15)38;1-2-3;1-4(2)3/h10-16,19-21,27-28H,8-9H2,1-7H3,(H,44,55)(H,45,56)(H2,32,33,34)(H2,37,38,39,42,43);8-13,16-18,23-24H,6-7H2,1-5H3,(H,39,50)(H,40,51)(H2,28,30,31)(H3,29,34,35,38);3H,2H2,1H3;/t14-,15-,16?,19+,20+,21?,27-,28-,53?,54?;11-,12-,13?,16+,17+,18?,23-,24-,48?,49?;;/m11../s1. The number of aliphatic hydroxyl groups excluding tert-OH is 1. The zero-order valence-electron chi connectivity index (χ0n) is 64.5. The fraction of sp³-hybridized carbons (Fsp3) is 0.638. The van der Waals surface area contributed by atoms with Crippen LogP contribution in [-0.4, -0.2) is 256 Å². The van der Waals surface area contributed by atoms with Gasteiger partial charge in [0, 0.05) is 42.1 Å². The number of hydrogen-bond donors (Lipinski definition) is 11. The number of H-pyrrole nitrogens is 2. The Hall–Kier alpha value is -4.97. The maximum Gasteiger partial charge on any atom is 0.386 e. The highest BCUT2D eigenvalue weighted by Gasteiger charge is 2.59. The first-order valence-electron chi connectivity index (χ1n) is 35.6. The molecule has 116 heavy (non-hydrogen) atoms. The van der Waals surface area contributed by atoms with Crippen LogP contribution in [0.1, 0.15) is 87.2 Å². The van der Waals surface area contributed by atoms with Gasteiger partial charge in [-0.3, -0.25) is 70.6 Å². The van der Waals surface area contributed by atoms with Gasteiger partial charge in [0.1, 0.15) is 84.7 Å². The molecule has 6 radical (unpaired) electrons. The largest absolute Gasteiger partial charge is 0.408 e. The Morgan fingerprint density at radius 2 is 0.948 bits per heavy atom. The highest BCUT2D eigenvalue weighted by Crippen LogP contribution is 2.60. The van der Waals surface area contributed by atoms with Crippen LogP contribution in [0, 0.1) is 5.92 Å². The molecular formula is C58H86B4F2N20O22P4S4Si2. The summed E-state index contributed by atoms with van der Waals surface area (Å²) in [6.07, 6.45) is -15.4. The number of carbonyl (C=O) groups excluding carboxylic acids is 1. The number of alkyl halides is 2. The van der Waals surface area contributed by atoms with Crippen molar-refractivity contribution >= 4 is 195 Å². The van der Waals surface area contributed by atoms with Crippen LogP contribution in [0.2, 0.25) is 36.3 Å². The number of nitrogens with two attached hydrogens (primary N) is 3. The first kappa shape index (κ1) is 91.8. The van der Waals surface area contributed by atoms with Gasteiger partial charge in [0.15, 0.2) is 99.1 Å². The van der Waals surface area contributed by atoms with Crippen LogP contribution < -0.4 is 33.6 Å². The molecule has 6 saturated heterocycles. The summed E-state index contributed by atoms with van der Waals surface area (Å²) in [6, 6.07) is 0. The van der Waals surface area contributed by atoms with E-state index in [0.29, 0.717) is 0 Å². The van der Waals surface area contributed by atoms with E-state index >= 15 is 8.78 Å². The molecule has 58 heteroatoms. The van der Waals surface area contributed by atoms with Gasteiger partial charge in [0.25, 0.3) is 11.1 Å². The van der Waals surface area contributed by atoms with E-state index in [1.54, 1.807) is 20.8 Å². The molecular weight excluding hydrogens is 1720 g/mol. The second-order valence-corrected chi connectivity index (χ2v) is 51.1. The first-order chi connectivity index (χ1) is 54.0. The van der Waals surface area contributed by atoms with Gasteiger partial charge in [0.05, 0.1) is 51.7 Å². The van der Waals surface area contributed by atoms with Crippen molar-refractivity contribution in [2.24, 2.45) is 5.92 Å². The van der Waals surface area contributed by atoms with E-state index in [4.69, 9.17) is 122 Å². The highest BCUT2D eigenvalue weighted by atomic mass is 32.7. The van der Waals surface area contributed by atoms with Crippen LogP contribution in [0.15, 0.2) is 47.6 Å². The Bertz CT molecular complexity index is 5240. The van der Waals surface area contributed by atoms with Gasteiger partial charge in [-0.2, -0.15) is 9.97 Å². The van der Waals surface area contributed by atoms with Gasteiger partial charge in [0.2, 0.25) is 17.8 Å². The number of imidazole rings is 4. The quantitative estimate of drug-likeness (QED) is 0.0521. The third kappa shape index (κ3) is 20.2. The number of amides is 1. The molecule has 6 fully saturated rings. The monoisotopic (exact) mass is 1800 g/mol. The van der Waals surface area contributed by atoms with Crippen molar-refractivity contribution in [2.75, 3.05) is 55.6 Å². The number of anilines is 4. The summed E-state index contributed by atoms with van der Waals surface area (Å²) in [7, 11) is 8.60. The molecule has 1 amide bonds. The molecule has 42 nitrogen and oxygen atoms in total. The summed E-state index contributed by atoms with van der Waals surface area (Å²) in [6.45, 7) is 5.76. The molecule has 0 aliphatic carbocycles. The van der Waals surface area contributed by atoms with Crippen molar-refractivity contribution < 1.29 is 102 Å². The van der Waals surface area contributed by atoms with Gasteiger partial charge in [-0.05, 0) is 78.6 Å².